The Hall–Kier alpha value is -8.20. The van der Waals surface area contributed by atoms with Gasteiger partial charge in [0.2, 0.25) is 0 Å². The van der Waals surface area contributed by atoms with Crippen LogP contribution in [0.15, 0.2) is 217 Å². The Morgan fingerprint density at radius 1 is 0.333 bits per heavy atom. The molecule has 0 bridgehead atoms. The smallest absolute Gasteiger partial charge is 0.143 e. The molecule has 0 atom stereocenters. The zero-order valence-corrected chi connectivity index (χ0v) is 39.1. The zero-order valence-electron chi connectivity index (χ0n) is 39.1. The van der Waals surface area contributed by atoms with Crippen LogP contribution in [0, 0.1) is 0 Å². The molecule has 0 amide bonds. The molecule has 10 aromatic carbocycles. The van der Waals surface area contributed by atoms with Crippen molar-refractivity contribution in [3.05, 3.63) is 257 Å². The summed E-state index contributed by atoms with van der Waals surface area (Å²) in [7, 11) is 0. The standard InChI is InChI=1S/C67H47NO/c1-65(2)53-24-10-5-17-44(53)48-35-32-41(38-59(48)65)68(61-29-16-28-57-63(61)52-21-8-13-27-56(52)67(57)54-25-11-6-18-45(54)46-19-7-12-26-55(46)67)42-33-36-49-47-34-31-40(37-58(47)66(3,4)60(49)39-42)43-22-15-23-51-50-20-9-14-30-62(50)69-64(43)51/h5-39H,1-4H3. The number of furan rings is 1. The van der Waals surface area contributed by atoms with Crippen molar-refractivity contribution < 1.29 is 4.42 Å². The number of rotatable bonds is 4. The summed E-state index contributed by atoms with van der Waals surface area (Å²) in [6.07, 6.45) is 0. The van der Waals surface area contributed by atoms with Crippen LogP contribution in [0.25, 0.3) is 77.6 Å². The number of anilines is 3. The van der Waals surface area contributed by atoms with Crippen molar-refractivity contribution in [3.63, 3.8) is 0 Å². The lowest BCUT2D eigenvalue weighted by molar-refractivity contribution is 0.659. The van der Waals surface area contributed by atoms with Gasteiger partial charge in [-0.1, -0.05) is 198 Å². The maximum absolute atomic E-state index is 6.57. The van der Waals surface area contributed by atoms with Crippen molar-refractivity contribution in [2.45, 2.75) is 43.9 Å². The van der Waals surface area contributed by atoms with Crippen LogP contribution in [-0.2, 0) is 16.2 Å². The van der Waals surface area contributed by atoms with E-state index in [0.717, 1.165) is 38.9 Å². The monoisotopic (exact) mass is 881 g/mol. The van der Waals surface area contributed by atoms with E-state index in [9.17, 15) is 0 Å². The molecule has 0 fully saturated rings. The van der Waals surface area contributed by atoms with Gasteiger partial charge in [-0.2, -0.15) is 0 Å². The van der Waals surface area contributed by atoms with Gasteiger partial charge in [0.15, 0.2) is 0 Å². The fraction of sp³-hybridized carbons (Fsp3) is 0.104. The lowest BCUT2D eigenvalue weighted by Gasteiger charge is -2.33. The average Bonchev–Trinajstić information content (AvgIpc) is 4.13. The minimum atomic E-state index is -0.450. The van der Waals surface area contributed by atoms with Crippen molar-refractivity contribution in [1.82, 2.24) is 0 Å². The molecule has 326 valence electrons. The summed E-state index contributed by atoms with van der Waals surface area (Å²) in [5.74, 6) is 0. The Bertz CT molecular complexity index is 4000. The van der Waals surface area contributed by atoms with E-state index < -0.39 is 5.41 Å². The van der Waals surface area contributed by atoms with Gasteiger partial charge in [-0.3, -0.25) is 0 Å². The third-order valence-corrected chi connectivity index (χ3v) is 16.7. The number of benzene rings is 10. The van der Waals surface area contributed by atoms with E-state index in [0.29, 0.717) is 0 Å². The molecular weight excluding hydrogens is 835 g/mol. The first-order valence-electron chi connectivity index (χ1n) is 24.4. The predicted octanol–water partition coefficient (Wildman–Crippen LogP) is 17.7. The van der Waals surface area contributed by atoms with Gasteiger partial charge in [-0.05, 0) is 131 Å². The van der Waals surface area contributed by atoms with Gasteiger partial charge in [0.1, 0.15) is 11.2 Å². The highest BCUT2D eigenvalue weighted by Gasteiger charge is 2.52. The van der Waals surface area contributed by atoms with E-state index in [1.165, 1.54) is 100 Å². The fourth-order valence-electron chi connectivity index (χ4n) is 13.6. The third-order valence-electron chi connectivity index (χ3n) is 16.7. The molecule has 0 unspecified atom stereocenters. The van der Waals surface area contributed by atoms with Gasteiger partial charge in [0.05, 0.1) is 11.1 Å². The number of nitrogens with zero attached hydrogens (tertiary/aromatic N) is 1. The third kappa shape index (κ3) is 4.91. The topological polar surface area (TPSA) is 16.4 Å². The molecule has 0 saturated carbocycles. The van der Waals surface area contributed by atoms with E-state index >= 15 is 0 Å². The number of hydrogen-bond donors (Lipinski definition) is 0. The number of fused-ring (bicyclic) bond motifs is 19. The minimum absolute atomic E-state index is 0.161. The highest BCUT2D eigenvalue weighted by atomic mass is 16.3. The summed E-state index contributed by atoms with van der Waals surface area (Å²) in [5, 5.41) is 2.30. The lowest BCUT2D eigenvalue weighted by atomic mass is 9.70. The maximum Gasteiger partial charge on any atom is 0.143 e. The Morgan fingerprint density at radius 2 is 0.783 bits per heavy atom. The van der Waals surface area contributed by atoms with Crippen molar-refractivity contribution in [2.24, 2.45) is 0 Å². The molecule has 0 saturated heterocycles. The number of hydrogen-bond acceptors (Lipinski definition) is 2. The SMILES string of the molecule is CC1(C)c2ccccc2-c2ccc(N(c3ccc4c(c3)C(C)(C)c3cc(-c5cccc6c5oc5ccccc56)ccc3-4)c3cccc4c3-c3ccccc3C43c4ccccc4-c4ccccc43)cc21. The van der Waals surface area contributed by atoms with Gasteiger partial charge in [0, 0.05) is 44.1 Å². The molecule has 15 rings (SSSR count). The predicted molar refractivity (Wildman–Crippen MR) is 285 cm³/mol. The minimum Gasteiger partial charge on any atom is -0.455 e. The molecule has 2 heteroatoms. The van der Waals surface area contributed by atoms with Crippen molar-refractivity contribution in [2.75, 3.05) is 4.90 Å². The second-order valence-corrected chi connectivity index (χ2v) is 20.7. The fourth-order valence-corrected chi connectivity index (χ4v) is 13.6. The second kappa shape index (κ2) is 13.5. The Balaban J connectivity index is 0.946. The summed E-state index contributed by atoms with van der Waals surface area (Å²) in [5.41, 5.74) is 28.0. The van der Waals surface area contributed by atoms with Crippen LogP contribution >= 0.6 is 0 Å². The van der Waals surface area contributed by atoms with E-state index in [4.69, 9.17) is 4.42 Å². The highest BCUT2D eigenvalue weighted by Crippen LogP contribution is 2.65. The molecule has 2 nitrogen and oxygen atoms in total. The molecule has 4 aliphatic carbocycles. The lowest BCUT2D eigenvalue weighted by Crippen LogP contribution is -2.26. The largest absolute Gasteiger partial charge is 0.455 e. The van der Waals surface area contributed by atoms with Gasteiger partial charge >= 0.3 is 0 Å². The molecule has 0 radical (unpaired) electrons. The van der Waals surface area contributed by atoms with Crippen LogP contribution < -0.4 is 4.90 Å². The molecule has 0 N–H and O–H groups in total. The summed E-state index contributed by atoms with van der Waals surface area (Å²) in [6, 6.07) is 79.9. The molecule has 0 aliphatic heterocycles. The Labute approximate surface area is 402 Å². The normalized spacial score (nSPS) is 15.3. The Kier molecular flexibility index (Phi) is 7.60. The van der Waals surface area contributed by atoms with Gasteiger partial charge in [0.25, 0.3) is 0 Å². The molecule has 11 aromatic rings. The first-order chi connectivity index (χ1) is 33.7. The zero-order chi connectivity index (χ0) is 46.0. The van der Waals surface area contributed by atoms with E-state index in [1.807, 2.05) is 6.07 Å². The summed E-state index contributed by atoms with van der Waals surface area (Å²) in [6.45, 7) is 9.58. The first-order valence-corrected chi connectivity index (χ1v) is 24.4. The number of para-hydroxylation sites is 2. The molecule has 4 aliphatic rings. The van der Waals surface area contributed by atoms with E-state index in [2.05, 4.69) is 239 Å². The molecular formula is C67H47NO. The maximum atomic E-state index is 6.57. The van der Waals surface area contributed by atoms with Crippen LogP contribution in [-0.4, -0.2) is 0 Å². The molecule has 1 aromatic heterocycles. The van der Waals surface area contributed by atoms with Crippen molar-refractivity contribution in [1.29, 1.82) is 0 Å². The highest BCUT2D eigenvalue weighted by molar-refractivity contribution is 6.10. The average molecular weight is 882 g/mol. The second-order valence-electron chi connectivity index (χ2n) is 20.7. The first kappa shape index (κ1) is 38.9. The van der Waals surface area contributed by atoms with Crippen molar-refractivity contribution >= 4 is 39.0 Å². The molecule has 1 spiro atoms. The van der Waals surface area contributed by atoms with Crippen LogP contribution in [0.1, 0.15) is 72.2 Å². The summed E-state index contributed by atoms with van der Waals surface area (Å²) >= 11 is 0. The van der Waals surface area contributed by atoms with Gasteiger partial charge < -0.3 is 9.32 Å². The quantitative estimate of drug-likeness (QED) is 0.175. The van der Waals surface area contributed by atoms with E-state index in [1.54, 1.807) is 0 Å². The van der Waals surface area contributed by atoms with Crippen LogP contribution in [0.3, 0.4) is 0 Å². The Morgan fingerprint density at radius 3 is 1.45 bits per heavy atom. The van der Waals surface area contributed by atoms with Crippen molar-refractivity contribution in [3.8, 4) is 55.6 Å². The summed E-state index contributed by atoms with van der Waals surface area (Å²) in [4.78, 5) is 2.58. The van der Waals surface area contributed by atoms with Gasteiger partial charge in [-0.25, -0.2) is 0 Å². The molecule has 1 heterocycles. The molecule has 69 heavy (non-hydrogen) atoms. The van der Waals surface area contributed by atoms with Gasteiger partial charge in [-0.15, -0.1) is 0 Å². The van der Waals surface area contributed by atoms with Crippen LogP contribution in [0.5, 0.6) is 0 Å². The van der Waals surface area contributed by atoms with Crippen LogP contribution in [0.2, 0.25) is 0 Å². The van der Waals surface area contributed by atoms with Crippen LogP contribution in [0.4, 0.5) is 17.1 Å². The van der Waals surface area contributed by atoms with E-state index in [-0.39, 0.29) is 10.8 Å². The summed E-state index contributed by atoms with van der Waals surface area (Å²) < 4.78 is 6.57.